The molecule has 0 bridgehead atoms. The number of hydrogen-bond acceptors (Lipinski definition) is 6. The van der Waals surface area contributed by atoms with Gasteiger partial charge in [0.15, 0.2) is 10.8 Å². The van der Waals surface area contributed by atoms with Gasteiger partial charge in [-0.25, -0.2) is 0 Å². The number of hydrogen-bond donors (Lipinski definition) is 2. The minimum Gasteiger partial charge on any atom is -0.490 e. The molecule has 7 nitrogen and oxygen atoms in total. The predicted molar refractivity (Wildman–Crippen MR) is 158 cm³/mol. The van der Waals surface area contributed by atoms with Gasteiger partial charge in [-0.15, -0.1) is 0 Å². The lowest BCUT2D eigenvalue weighted by Gasteiger charge is -2.34. The highest BCUT2D eigenvalue weighted by atomic mass is 32.2. The first-order chi connectivity index (χ1) is 19.1. The van der Waals surface area contributed by atoms with Crippen molar-refractivity contribution in [1.29, 1.82) is 0 Å². The van der Waals surface area contributed by atoms with Crippen molar-refractivity contribution in [1.82, 2.24) is 5.32 Å². The summed E-state index contributed by atoms with van der Waals surface area (Å²) in [5, 5.41) is 2.95. The maximum absolute atomic E-state index is 13.5. The summed E-state index contributed by atoms with van der Waals surface area (Å²) < 4.78 is 36.0. The number of carbonyl (C=O) groups excluding carboxylic acids is 2. The quantitative estimate of drug-likeness (QED) is 0.326. The topological polar surface area (TPSA) is 102 Å². The van der Waals surface area contributed by atoms with Gasteiger partial charge in [0.2, 0.25) is 0 Å². The molecule has 2 aliphatic rings. The number of para-hydroxylation sites is 1. The molecule has 0 aliphatic carbocycles. The van der Waals surface area contributed by atoms with Gasteiger partial charge in [0.25, 0.3) is 10.0 Å². The van der Waals surface area contributed by atoms with E-state index < -0.39 is 21.5 Å². The highest BCUT2D eigenvalue weighted by molar-refractivity contribution is 7.96. The average molecular weight is 563 g/mol. The van der Waals surface area contributed by atoms with Gasteiger partial charge in [0.1, 0.15) is 12.4 Å². The first kappa shape index (κ1) is 29.3. The van der Waals surface area contributed by atoms with Crippen LogP contribution in [0.2, 0.25) is 0 Å². The number of aryl methyl sites for hydroxylation is 1. The summed E-state index contributed by atoms with van der Waals surface area (Å²) in [6, 6.07) is 16.6. The number of allylic oxidation sites excluding steroid dienone is 4. The van der Waals surface area contributed by atoms with E-state index in [1.807, 2.05) is 30.4 Å². The Kier molecular flexibility index (Phi) is 9.30. The Labute approximate surface area is 237 Å². The van der Waals surface area contributed by atoms with Crippen LogP contribution in [0, 0.1) is 5.41 Å². The molecule has 40 heavy (non-hydrogen) atoms. The molecule has 1 unspecified atom stereocenters. The van der Waals surface area contributed by atoms with Crippen LogP contribution in [0.15, 0.2) is 89.2 Å². The van der Waals surface area contributed by atoms with Gasteiger partial charge >= 0.3 is 0 Å². The van der Waals surface area contributed by atoms with Crippen molar-refractivity contribution in [2.45, 2.75) is 71.4 Å². The van der Waals surface area contributed by atoms with Crippen molar-refractivity contribution >= 4 is 27.8 Å². The molecule has 2 heterocycles. The van der Waals surface area contributed by atoms with Gasteiger partial charge in [-0.3, -0.25) is 9.52 Å². The Morgan fingerprint density at radius 3 is 2.50 bits per heavy atom. The molecule has 4 rings (SSSR count). The van der Waals surface area contributed by atoms with Crippen molar-refractivity contribution in [3.05, 3.63) is 100 Å². The van der Waals surface area contributed by atoms with E-state index in [0.717, 1.165) is 43.0 Å². The van der Waals surface area contributed by atoms with Crippen LogP contribution in [0.5, 0.6) is 0 Å². The van der Waals surface area contributed by atoms with E-state index in [-0.39, 0.29) is 23.3 Å². The van der Waals surface area contributed by atoms with Crippen LogP contribution >= 0.6 is 0 Å². The molecule has 2 aliphatic heterocycles. The Hall–Kier alpha value is -3.65. The Bertz CT molecular complexity index is 1420. The molecular weight excluding hydrogens is 524 g/mol. The van der Waals surface area contributed by atoms with Crippen LogP contribution in [-0.2, 0) is 37.2 Å². The molecule has 0 radical (unpaired) electrons. The van der Waals surface area contributed by atoms with Gasteiger partial charge in [0, 0.05) is 24.3 Å². The number of benzene rings is 2. The summed E-state index contributed by atoms with van der Waals surface area (Å²) in [4.78, 5) is 24.3. The standard InChI is InChI=1S/C32H38N2O5S/c1-4-10-26-16-17-27(30(39-26)18-15-23-11-6-5-7-12-23)29-19-25(36)20-31(33-29)40(37,38)34-28-14-9-8-13-24(28)21-32(2,3)22-35/h5-9,11-14,16-17,20,22,29-30,33-34H,4,10,15,18-19,21H2,1-3H3/t29-,30?/m0/s1. The molecule has 0 saturated carbocycles. The van der Waals surface area contributed by atoms with Gasteiger partial charge in [-0.1, -0.05) is 75.4 Å². The van der Waals surface area contributed by atoms with Gasteiger partial charge in [0.05, 0.1) is 17.5 Å². The largest absolute Gasteiger partial charge is 0.490 e. The first-order valence-electron chi connectivity index (χ1n) is 13.8. The molecule has 0 spiro atoms. The fraction of sp³-hybridized carbons (Fsp3) is 0.375. The minimum absolute atomic E-state index is 0.136. The molecule has 2 N–H and O–H groups in total. The van der Waals surface area contributed by atoms with Crippen molar-refractivity contribution in [3.63, 3.8) is 0 Å². The fourth-order valence-electron chi connectivity index (χ4n) is 5.02. The van der Waals surface area contributed by atoms with E-state index in [1.54, 1.807) is 38.1 Å². The SMILES string of the molecule is CCCC1=CC=C([C@@H]2CC(=O)C=C(S(=O)(=O)Nc3ccccc3CC(C)(C)C=O)N2)C(CCc2ccccc2)O1. The van der Waals surface area contributed by atoms with E-state index in [2.05, 4.69) is 29.1 Å². The van der Waals surface area contributed by atoms with E-state index >= 15 is 0 Å². The molecule has 2 aromatic rings. The second-order valence-corrected chi connectivity index (χ2v) is 12.8. The number of anilines is 1. The Balaban J connectivity index is 1.56. The molecule has 0 fully saturated rings. The Morgan fingerprint density at radius 1 is 1.05 bits per heavy atom. The smallest absolute Gasteiger partial charge is 0.277 e. The molecule has 2 aromatic carbocycles. The van der Waals surface area contributed by atoms with Crippen LogP contribution in [-0.4, -0.2) is 32.6 Å². The van der Waals surface area contributed by atoms with Crippen LogP contribution in [0.25, 0.3) is 0 Å². The molecule has 0 amide bonds. The van der Waals surface area contributed by atoms with Gasteiger partial charge in [-0.05, 0) is 54.5 Å². The zero-order valence-electron chi connectivity index (χ0n) is 23.4. The second-order valence-electron chi connectivity index (χ2n) is 11.1. The summed E-state index contributed by atoms with van der Waals surface area (Å²) in [5.74, 6) is 0.622. The summed E-state index contributed by atoms with van der Waals surface area (Å²) in [6.45, 7) is 5.69. The zero-order valence-corrected chi connectivity index (χ0v) is 24.2. The summed E-state index contributed by atoms with van der Waals surface area (Å²) in [6.07, 6.45) is 9.40. The first-order valence-corrected chi connectivity index (χ1v) is 15.3. The zero-order chi connectivity index (χ0) is 28.8. The third-order valence-electron chi connectivity index (χ3n) is 7.09. The Morgan fingerprint density at radius 2 is 1.77 bits per heavy atom. The number of carbonyl (C=O) groups is 2. The molecule has 8 heteroatoms. The number of rotatable bonds is 12. The highest BCUT2D eigenvalue weighted by Gasteiger charge is 2.34. The molecule has 0 saturated heterocycles. The lowest BCUT2D eigenvalue weighted by Crippen LogP contribution is -2.44. The number of nitrogens with one attached hydrogen (secondary N) is 2. The highest BCUT2D eigenvalue weighted by Crippen LogP contribution is 2.31. The molecule has 212 valence electrons. The molecule has 2 atom stereocenters. The van der Waals surface area contributed by atoms with Crippen LogP contribution in [0.3, 0.4) is 0 Å². The van der Waals surface area contributed by atoms with E-state index in [9.17, 15) is 18.0 Å². The lowest BCUT2D eigenvalue weighted by atomic mass is 9.87. The molecule has 0 aromatic heterocycles. The van der Waals surface area contributed by atoms with E-state index in [4.69, 9.17) is 4.74 Å². The van der Waals surface area contributed by atoms with E-state index in [0.29, 0.717) is 24.1 Å². The summed E-state index contributed by atoms with van der Waals surface area (Å²) in [7, 11) is -4.11. The van der Waals surface area contributed by atoms with Crippen LogP contribution in [0.4, 0.5) is 5.69 Å². The predicted octanol–water partition coefficient (Wildman–Crippen LogP) is 5.61. The third kappa shape index (κ3) is 7.50. The number of sulfonamides is 1. The van der Waals surface area contributed by atoms with E-state index in [1.165, 1.54) is 5.56 Å². The minimum atomic E-state index is -4.11. The summed E-state index contributed by atoms with van der Waals surface area (Å²) in [5.41, 5.74) is 2.46. The molecular formula is C32H38N2O5S. The average Bonchev–Trinajstić information content (AvgIpc) is 2.93. The maximum Gasteiger partial charge on any atom is 0.277 e. The number of aldehydes is 1. The number of ketones is 1. The lowest BCUT2D eigenvalue weighted by molar-refractivity contribution is -0.115. The van der Waals surface area contributed by atoms with Crippen LogP contribution in [0.1, 0.15) is 57.6 Å². The third-order valence-corrected chi connectivity index (χ3v) is 8.40. The van der Waals surface area contributed by atoms with Crippen LogP contribution < -0.4 is 10.0 Å². The van der Waals surface area contributed by atoms with Crippen molar-refractivity contribution in [3.8, 4) is 0 Å². The number of ether oxygens (including phenoxy) is 1. The summed E-state index contributed by atoms with van der Waals surface area (Å²) >= 11 is 0. The van der Waals surface area contributed by atoms with Crippen molar-refractivity contribution in [2.75, 3.05) is 4.72 Å². The monoisotopic (exact) mass is 562 g/mol. The fourth-order valence-corrected chi connectivity index (χ4v) is 6.20. The van der Waals surface area contributed by atoms with Gasteiger partial charge < -0.3 is 14.8 Å². The van der Waals surface area contributed by atoms with Crippen molar-refractivity contribution < 1.29 is 22.7 Å². The van der Waals surface area contributed by atoms with Crippen molar-refractivity contribution in [2.24, 2.45) is 5.41 Å². The maximum atomic E-state index is 13.5. The normalized spacial score (nSPS) is 19.5. The second kappa shape index (κ2) is 12.7. The van der Waals surface area contributed by atoms with Gasteiger partial charge in [-0.2, -0.15) is 8.42 Å².